The van der Waals surface area contributed by atoms with E-state index in [0.717, 1.165) is 0 Å². The van der Waals surface area contributed by atoms with Crippen LogP contribution < -0.4 is 10.4 Å². The number of Topliss-reactive ketones (excluding diaryl/α,β-unsaturated/α-hetero) is 1. The average molecular weight is 514 g/mol. The first-order valence-electron chi connectivity index (χ1n) is 10.9. The van der Waals surface area contributed by atoms with Gasteiger partial charge in [-0.15, -0.1) is 0 Å². The molecule has 0 aliphatic carbocycles. The Kier molecular flexibility index (Phi) is 8.91. The van der Waals surface area contributed by atoms with E-state index in [1.165, 1.54) is 61.8 Å². The third kappa shape index (κ3) is 6.98. The van der Waals surface area contributed by atoms with Crippen LogP contribution in [0.25, 0.3) is 6.08 Å². The predicted molar refractivity (Wildman–Crippen MR) is 132 cm³/mol. The molecule has 0 aliphatic heterocycles. The Labute approximate surface area is 210 Å². The van der Waals surface area contributed by atoms with Crippen molar-refractivity contribution < 1.29 is 33.0 Å². The van der Waals surface area contributed by atoms with E-state index in [4.69, 9.17) is 9.15 Å². The van der Waals surface area contributed by atoms with Crippen molar-refractivity contribution in [3.05, 3.63) is 86.2 Å². The molecule has 188 valence electrons. The summed E-state index contributed by atoms with van der Waals surface area (Å²) in [5.74, 6) is -1.36. The van der Waals surface area contributed by atoms with E-state index >= 15 is 0 Å². The number of hydrogen-bond acceptors (Lipinski definition) is 9. The van der Waals surface area contributed by atoms with Crippen molar-refractivity contribution in [3.63, 3.8) is 0 Å². The fourth-order valence-electron chi connectivity index (χ4n) is 3.13. The van der Waals surface area contributed by atoms with E-state index in [-0.39, 0.29) is 17.2 Å². The van der Waals surface area contributed by atoms with Crippen molar-refractivity contribution in [2.45, 2.75) is 33.1 Å². The lowest BCUT2D eigenvalue weighted by Crippen LogP contribution is -2.16. The van der Waals surface area contributed by atoms with Crippen LogP contribution in [0.1, 0.15) is 46.5 Å². The summed E-state index contributed by atoms with van der Waals surface area (Å²) in [7, 11) is 1.28. The van der Waals surface area contributed by atoms with Crippen LogP contribution in [0.3, 0.4) is 0 Å². The number of esters is 1. The van der Waals surface area contributed by atoms with Gasteiger partial charge in [0.25, 0.3) is 5.19 Å². The molecule has 3 aromatic rings. The minimum atomic E-state index is -0.936. The Hall–Kier alpha value is -4.05. The van der Waals surface area contributed by atoms with Crippen LogP contribution in [-0.2, 0) is 16.0 Å². The smallest absolute Gasteiger partial charge is 0.351 e. The second-order valence-electron chi connectivity index (χ2n) is 7.72. The Morgan fingerprint density at radius 1 is 1.25 bits per heavy atom. The summed E-state index contributed by atoms with van der Waals surface area (Å²) in [5.41, 5.74) is -0.604. The summed E-state index contributed by atoms with van der Waals surface area (Å²) < 4.78 is 28.4. The molecule has 0 radical (unpaired) electrons. The Bertz CT molecular complexity index is 1370. The number of carbonyl (C=O) groups is 2. The van der Waals surface area contributed by atoms with E-state index in [0.29, 0.717) is 40.8 Å². The third-order valence-corrected chi connectivity index (χ3v) is 5.98. The zero-order valence-corrected chi connectivity index (χ0v) is 20.7. The van der Waals surface area contributed by atoms with Crippen molar-refractivity contribution >= 4 is 29.2 Å². The maximum absolute atomic E-state index is 13.1. The van der Waals surface area contributed by atoms with Crippen molar-refractivity contribution in [1.29, 1.82) is 0 Å². The van der Waals surface area contributed by atoms with Crippen molar-refractivity contribution in [3.8, 4) is 16.7 Å². The monoisotopic (exact) mass is 513 g/mol. The molecule has 0 saturated carbocycles. The van der Waals surface area contributed by atoms with Gasteiger partial charge >= 0.3 is 11.6 Å². The number of unbranched alkanes of at least 4 members (excludes halogenated alkanes) is 1. The molecular weight excluding hydrogens is 489 g/mol. The molecule has 3 rings (SSSR count). The second-order valence-corrected chi connectivity index (χ2v) is 8.71. The lowest BCUT2D eigenvalue weighted by atomic mass is 10.0. The molecule has 36 heavy (non-hydrogen) atoms. The molecular formula is C26H24FNO7S. The van der Waals surface area contributed by atoms with Gasteiger partial charge in [0, 0.05) is 18.6 Å². The van der Waals surface area contributed by atoms with Crippen molar-refractivity contribution in [1.82, 2.24) is 4.98 Å². The molecule has 2 aromatic heterocycles. The number of thiazole rings is 1. The molecule has 0 spiro atoms. The number of ketones is 1. The first-order chi connectivity index (χ1) is 17.2. The Morgan fingerprint density at radius 2 is 1.97 bits per heavy atom. The highest BCUT2D eigenvalue weighted by atomic mass is 32.1. The molecule has 2 heterocycles. The van der Waals surface area contributed by atoms with E-state index in [1.807, 2.05) is 0 Å². The van der Waals surface area contributed by atoms with Gasteiger partial charge in [0.1, 0.15) is 28.6 Å². The Balaban J connectivity index is 1.71. The van der Waals surface area contributed by atoms with Crippen LogP contribution in [0.5, 0.6) is 16.7 Å². The minimum Gasteiger partial charge on any atom is -0.507 e. The van der Waals surface area contributed by atoms with Crippen LogP contribution in [-0.4, -0.2) is 29.0 Å². The molecule has 0 amide bonds. The molecule has 10 heteroatoms. The number of benzene rings is 1. The van der Waals surface area contributed by atoms with Crippen LogP contribution >= 0.6 is 11.3 Å². The molecule has 0 saturated heterocycles. The molecule has 1 N–H and O–H groups in total. The van der Waals surface area contributed by atoms with E-state index in [1.54, 1.807) is 19.1 Å². The number of methoxy groups -OCH3 is 1. The van der Waals surface area contributed by atoms with Gasteiger partial charge in [-0.2, -0.15) is 0 Å². The van der Waals surface area contributed by atoms with Crippen molar-refractivity contribution in [2.75, 3.05) is 7.11 Å². The maximum Gasteiger partial charge on any atom is 0.351 e. The predicted octanol–water partition coefficient (Wildman–Crippen LogP) is 5.38. The number of aromatic nitrogens is 1. The zero-order chi connectivity index (χ0) is 26.2. The van der Waals surface area contributed by atoms with Gasteiger partial charge in [0.15, 0.2) is 5.78 Å². The SMILES string of the molecule is COC(=O)/C=C/CCCc1cc(O)c(C(=O)/C(C)=C/c2sc(Oc3ccc(F)cc3)nc2C)c(=O)o1. The van der Waals surface area contributed by atoms with E-state index < -0.39 is 28.7 Å². The molecule has 0 bridgehead atoms. The number of rotatable bonds is 10. The number of hydrogen-bond donors (Lipinski definition) is 1. The zero-order valence-electron chi connectivity index (χ0n) is 19.9. The lowest BCUT2D eigenvalue weighted by molar-refractivity contribution is -0.134. The first-order valence-corrected chi connectivity index (χ1v) is 11.7. The number of aromatic hydroxyl groups is 1. The van der Waals surface area contributed by atoms with Gasteiger partial charge in [0.05, 0.1) is 17.7 Å². The number of ether oxygens (including phenoxy) is 2. The minimum absolute atomic E-state index is 0.193. The van der Waals surface area contributed by atoms with Gasteiger partial charge in [-0.1, -0.05) is 17.4 Å². The van der Waals surface area contributed by atoms with Gasteiger partial charge in [-0.05, 0) is 62.6 Å². The summed E-state index contributed by atoms with van der Waals surface area (Å²) >= 11 is 1.17. The molecule has 0 aliphatic rings. The summed E-state index contributed by atoms with van der Waals surface area (Å²) in [5, 5.41) is 10.7. The highest BCUT2D eigenvalue weighted by Gasteiger charge is 2.21. The largest absolute Gasteiger partial charge is 0.507 e. The number of allylic oxidation sites excluding steroid dienone is 2. The standard InChI is InChI=1S/C26H24FNO7S/c1-15(13-21-16(2)28-26(36-21)35-18-11-9-17(27)10-12-18)24(31)23-20(29)14-19(34-25(23)32)7-5-4-6-8-22(30)33-3/h6,8-14,29H,4-5,7H2,1-3H3/b8-6+,15-13+. The van der Waals surface area contributed by atoms with Crippen molar-refractivity contribution in [2.24, 2.45) is 0 Å². The quantitative estimate of drug-likeness (QED) is 0.166. The average Bonchev–Trinajstić information content (AvgIpc) is 3.17. The van der Waals surface area contributed by atoms with Gasteiger partial charge < -0.3 is 19.0 Å². The number of nitrogens with zero attached hydrogens (tertiary/aromatic N) is 1. The lowest BCUT2D eigenvalue weighted by Gasteiger charge is -2.05. The summed E-state index contributed by atoms with van der Waals surface area (Å²) in [6.45, 7) is 3.25. The van der Waals surface area contributed by atoms with Crippen LogP contribution in [0, 0.1) is 12.7 Å². The second kappa shape index (κ2) is 12.1. The fraction of sp³-hybridized carbons (Fsp3) is 0.231. The van der Waals surface area contributed by atoms with E-state index in [2.05, 4.69) is 9.72 Å². The highest BCUT2D eigenvalue weighted by Crippen LogP contribution is 2.31. The van der Waals surface area contributed by atoms with Crippen LogP contribution in [0.4, 0.5) is 4.39 Å². The van der Waals surface area contributed by atoms with Gasteiger partial charge in [0.2, 0.25) is 0 Å². The fourth-order valence-corrected chi connectivity index (χ4v) is 4.06. The molecule has 8 nitrogen and oxygen atoms in total. The first kappa shape index (κ1) is 26.6. The van der Waals surface area contributed by atoms with Gasteiger partial charge in [-0.3, -0.25) is 4.79 Å². The third-order valence-electron chi connectivity index (χ3n) is 5.00. The summed E-state index contributed by atoms with van der Waals surface area (Å²) in [6.07, 6.45) is 5.89. The van der Waals surface area contributed by atoms with Gasteiger partial charge in [-0.25, -0.2) is 19.0 Å². The molecule has 0 atom stereocenters. The van der Waals surface area contributed by atoms with Crippen LogP contribution in [0.2, 0.25) is 0 Å². The highest BCUT2D eigenvalue weighted by molar-refractivity contribution is 7.14. The topological polar surface area (TPSA) is 116 Å². The Morgan fingerprint density at radius 3 is 2.64 bits per heavy atom. The van der Waals surface area contributed by atoms with E-state index in [9.17, 15) is 23.9 Å². The number of aryl methyl sites for hydroxylation is 2. The molecule has 1 aromatic carbocycles. The van der Waals surface area contributed by atoms with Crippen LogP contribution in [0.15, 0.2) is 57.3 Å². The normalized spacial score (nSPS) is 11.6. The maximum atomic E-state index is 13.1. The number of halogens is 1. The summed E-state index contributed by atoms with van der Waals surface area (Å²) in [6, 6.07) is 6.73. The molecule has 0 fully saturated rings. The molecule has 0 unspecified atom stereocenters. The summed E-state index contributed by atoms with van der Waals surface area (Å²) in [4.78, 5) is 41.4. The number of carbonyl (C=O) groups excluding carboxylic acids is 2.